The van der Waals surface area contributed by atoms with Gasteiger partial charge in [0.1, 0.15) is 11.2 Å². The summed E-state index contributed by atoms with van der Waals surface area (Å²) < 4.78 is 13.7. The highest BCUT2D eigenvalue weighted by Crippen LogP contribution is 2.45. The fraction of sp³-hybridized carbons (Fsp3) is 0. The van der Waals surface area contributed by atoms with Crippen LogP contribution >= 0.6 is 11.3 Å². The monoisotopic (exact) mass is 680 g/mol. The van der Waals surface area contributed by atoms with E-state index in [9.17, 15) is 0 Å². The van der Waals surface area contributed by atoms with Gasteiger partial charge in [0, 0.05) is 63.9 Å². The number of benzene rings is 8. The van der Waals surface area contributed by atoms with E-state index in [0.29, 0.717) is 0 Å². The van der Waals surface area contributed by atoms with Crippen LogP contribution in [0.1, 0.15) is 0 Å². The molecule has 4 aromatic heterocycles. The molecule has 3 nitrogen and oxygen atoms in total. The predicted octanol–water partition coefficient (Wildman–Crippen LogP) is 13.8. The zero-order valence-corrected chi connectivity index (χ0v) is 28.7. The van der Waals surface area contributed by atoms with Gasteiger partial charge >= 0.3 is 0 Å². The first kappa shape index (κ1) is 28.1. The van der Waals surface area contributed by atoms with Crippen molar-refractivity contribution in [2.24, 2.45) is 0 Å². The van der Waals surface area contributed by atoms with Crippen molar-refractivity contribution < 1.29 is 4.42 Å². The Kier molecular flexibility index (Phi) is 5.65. The van der Waals surface area contributed by atoms with Gasteiger partial charge in [-0.05, 0) is 83.9 Å². The van der Waals surface area contributed by atoms with Gasteiger partial charge in [0.25, 0.3) is 0 Å². The molecule has 12 aromatic rings. The highest BCUT2D eigenvalue weighted by atomic mass is 32.1. The molecular weight excluding hydrogens is 653 g/mol. The molecule has 4 heterocycles. The lowest BCUT2D eigenvalue weighted by molar-refractivity contribution is 0.669. The summed E-state index contributed by atoms with van der Waals surface area (Å²) in [7, 11) is 0. The normalized spacial score (nSPS) is 12.2. The Balaban J connectivity index is 1.14. The molecule has 242 valence electrons. The Morgan fingerprint density at radius 2 is 0.846 bits per heavy atom. The fourth-order valence-corrected chi connectivity index (χ4v) is 9.84. The molecule has 0 aliphatic carbocycles. The van der Waals surface area contributed by atoms with Gasteiger partial charge in [0.2, 0.25) is 0 Å². The second-order valence-electron chi connectivity index (χ2n) is 13.7. The van der Waals surface area contributed by atoms with E-state index in [1.54, 1.807) is 0 Å². The molecule has 52 heavy (non-hydrogen) atoms. The average molecular weight is 681 g/mol. The van der Waals surface area contributed by atoms with Crippen molar-refractivity contribution in [3.63, 3.8) is 0 Å². The quantitative estimate of drug-likeness (QED) is 0.182. The smallest absolute Gasteiger partial charge is 0.135 e. The van der Waals surface area contributed by atoms with Gasteiger partial charge in [-0.2, -0.15) is 0 Å². The molecule has 0 aliphatic heterocycles. The lowest BCUT2D eigenvalue weighted by Gasteiger charge is -2.11. The zero-order chi connectivity index (χ0) is 33.9. The second kappa shape index (κ2) is 10.5. The van der Waals surface area contributed by atoms with Gasteiger partial charge in [-0.15, -0.1) is 11.3 Å². The van der Waals surface area contributed by atoms with Crippen molar-refractivity contribution in [1.29, 1.82) is 0 Å². The maximum atomic E-state index is 6.21. The summed E-state index contributed by atoms with van der Waals surface area (Å²) in [5.74, 6) is 0. The number of hydrogen-bond donors (Lipinski definition) is 0. The summed E-state index contributed by atoms with van der Waals surface area (Å²) in [6.07, 6.45) is 0. The van der Waals surface area contributed by atoms with Gasteiger partial charge in [-0.3, -0.25) is 0 Å². The van der Waals surface area contributed by atoms with E-state index in [-0.39, 0.29) is 0 Å². The van der Waals surface area contributed by atoms with Gasteiger partial charge in [-0.1, -0.05) is 97.1 Å². The summed E-state index contributed by atoms with van der Waals surface area (Å²) in [6.45, 7) is 0. The van der Waals surface area contributed by atoms with E-state index in [1.165, 1.54) is 80.6 Å². The summed E-state index contributed by atoms with van der Waals surface area (Å²) in [5.41, 5.74) is 11.4. The first-order valence-corrected chi connectivity index (χ1v) is 18.5. The highest BCUT2D eigenvalue weighted by molar-refractivity contribution is 7.25. The molecule has 0 radical (unpaired) electrons. The number of fused-ring (bicyclic) bond motifs is 12. The first-order valence-electron chi connectivity index (χ1n) is 17.7. The van der Waals surface area contributed by atoms with Crippen molar-refractivity contribution >= 4 is 97.1 Å². The molecule has 0 unspecified atom stereocenters. The fourth-order valence-electron chi connectivity index (χ4n) is 8.75. The molecule has 0 saturated carbocycles. The van der Waals surface area contributed by atoms with Crippen LogP contribution in [-0.4, -0.2) is 9.13 Å². The zero-order valence-electron chi connectivity index (χ0n) is 27.9. The van der Waals surface area contributed by atoms with Crippen LogP contribution in [0.2, 0.25) is 0 Å². The number of para-hydroxylation sites is 3. The standard InChI is InChI=1S/C48H28N2OS/c1-5-17-39-35(13-1)47-33(15-9-19-41(47)49(39)29-23-25-44-37(27-29)31-11-3-7-21-43(31)51-44)34-16-10-20-42-48(34)36-14-2-6-18-40(36)50(42)30-24-26-46-38(28-30)32-12-4-8-22-45(32)52-46/h1-28H. The Morgan fingerprint density at radius 3 is 1.54 bits per heavy atom. The Hall–Kier alpha value is -6.62. The van der Waals surface area contributed by atoms with E-state index in [2.05, 4.69) is 167 Å². The molecule has 0 fully saturated rings. The van der Waals surface area contributed by atoms with Crippen molar-refractivity contribution in [1.82, 2.24) is 9.13 Å². The van der Waals surface area contributed by atoms with Gasteiger partial charge < -0.3 is 13.6 Å². The van der Waals surface area contributed by atoms with Crippen LogP contribution < -0.4 is 0 Å². The lowest BCUT2D eigenvalue weighted by Crippen LogP contribution is -1.94. The van der Waals surface area contributed by atoms with Gasteiger partial charge in [0.15, 0.2) is 0 Å². The van der Waals surface area contributed by atoms with Crippen LogP contribution in [0, 0.1) is 0 Å². The maximum absolute atomic E-state index is 6.21. The third kappa shape index (κ3) is 3.79. The maximum Gasteiger partial charge on any atom is 0.135 e. The number of nitrogens with zero attached hydrogens (tertiary/aromatic N) is 2. The number of rotatable bonds is 3. The molecule has 0 aliphatic rings. The van der Waals surface area contributed by atoms with Crippen molar-refractivity contribution in [2.75, 3.05) is 0 Å². The highest BCUT2D eigenvalue weighted by Gasteiger charge is 2.21. The summed E-state index contributed by atoms with van der Waals surface area (Å²) in [6, 6.07) is 61.8. The third-order valence-electron chi connectivity index (χ3n) is 10.9. The second-order valence-corrected chi connectivity index (χ2v) is 14.7. The Labute approximate surface area is 301 Å². The largest absolute Gasteiger partial charge is 0.456 e. The van der Waals surface area contributed by atoms with E-state index in [0.717, 1.165) is 27.6 Å². The molecule has 0 N–H and O–H groups in total. The van der Waals surface area contributed by atoms with E-state index >= 15 is 0 Å². The molecule has 0 amide bonds. The van der Waals surface area contributed by atoms with E-state index in [1.807, 2.05) is 23.5 Å². The molecule has 0 bridgehead atoms. The number of furan rings is 1. The van der Waals surface area contributed by atoms with E-state index < -0.39 is 0 Å². The SMILES string of the molecule is c1ccc2c(c1)oc1ccc(-n3c4ccccc4c4c(-c5cccc6c5c5ccccc5n6-c5ccc6sc7ccccc7c6c5)cccc43)cc12. The van der Waals surface area contributed by atoms with Gasteiger partial charge in [0.05, 0.1) is 22.1 Å². The molecule has 0 atom stereocenters. The van der Waals surface area contributed by atoms with Crippen molar-refractivity contribution in [3.8, 4) is 22.5 Å². The van der Waals surface area contributed by atoms with Crippen LogP contribution in [0.25, 0.3) is 108 Å². The van der Waals surface area contributed by atoms with Gasteiger partial charge in [-0.25, -0.2) is 0 Å². The number of hydrogen-bond acceptors (Lipinski definition) is 2. The molecule has 4 heteroatoms. The minimum absolute atomic E-state index is 0.904. The summed E-state index contributed by atoms with van der Waals surface area (Å²) in [5, 5.41) is 9.89. The average Bonchev–Trinajstić information content (AvgIpc) is 3.95. The minimum Gasteiger partial charge on any atom is -0.456 e. The Bertz CT molecular complexity index is 3200. The number of aromatic nitrogens is 2. The first-order chi connectivity index (χ1) is 25.8. The molecular formula is C48H28N2OS. The minimum atomic E-state index is 0.904. The summed E-state index contributed by atoms with van der Waals surface area (Å²) in [4.78, 5) is 0. The van der Waals surface area contributed by atoms with E-state index in [4.69, 9.17) is 4.42 Å². The molecule has 0 saturated heterocycles. The van der Waals surface area contributed by atoms with Crippen LogP contribution in [0.3, 0.4) is 0 Å². The molecule has 0 spiro atoms. The molecule has 12 rings (SSSR count). The summed E-state index contributed by atoms with van der Waals surface area (Å²) >= 11 is 1.86. The van der Waals surface area contributed by atoms with Crippen LogP contribution in [-0.2, 0) is 0 Å². The van der Waals surface area contributed by atoms with Crippen LogP contribution in [0.4, 0.5) is 0 Å². The Morgan fingerprint density at radius 1 is 0.346 bits per heavy atom. The molecule has 8 aromatic carbocycles. The van der Waals surface area contributed by atoms with Crippen LogP contribution in [0.15, 0.2) is 174 Å². The third-order valence-corrected chi connectivity index (χ3v) is 12.1. The van der Waals surface area contributed by atoms with Crippen molar-refractivity contribution in [3.05, 3.63) is 170 Å². The number of thiophene rings is 1. The topological polar surface area (TPSA) is 23.0 Å². The predicted molar refractivity (Wildman–Crippen MR) is 221 cm³/mol. The van der Waals surface area contributed by atoms with Crippen molar-refractivity contribution in [2.45, 2.75) is 0 Å². The van der Waals surface area contributed by atoms with Crippen LogP contribution in [0.5, 0.6) is 0 Å². The lowest BCUT2D eigenvalue weighted by atomic mass is 9.95.